The lowest BCUT2D eigenvalue weighted by molar-refractivity contribution is 0.00862. The number of hydrogen-bond acceptors (Lipinski definition) is 6. The number of anilines is 1. The van der Waals surface area contributed by atoms with E-state index < -0.39 is 18.3 Å². The molecule has 34 heavy (non-hydrogen) atoms. The second-order valence-electron chi connectivity index (χ2n) is 8.05. The van der Waals surface area contributed by atoms with E-state index in [-0.39, 0.29) is 31.3 Å². The number of para-hydroxylation sites is 1. The first kappa shape index (κ1) is 21.9. The zero-order valence-corrected chi connectivity index (χ0v) is 18.3. The lowest BCUT2D eigenvalue weighted by atomic mass is 10.1. The molecule has 3 aromatic rings. The molecule has 2 fully saturated rings. The van der Waals surface area contributed by atoms with E-state index in [1.807, 2.05) is 36.4 Å². The Kier molecular flexibility index (Phi) is 6.42. The minimum atomic E-state index is -0.605. The van der Waals surface area contributed by atoms with Crippen LogP contribution in [0.3, 0.4) is 0 Å². The molecule has 174 valence electrons. The molecule has 0 radical (unpaired) electrons. The maximum atomic E-state index is 12.5. The van der Waals surface area contributed by atoms with Gasteiger partial charge < -0.3 is 24.3 Å². The van der Waals surface area contributed by atoms with E-state index in [9.17, 15) is 9.59 Å². The fourth-order valence-electron chi connectivity index (χ4n) is 4.05. The van der Waals surface area contributed by atoms with E-state index >= 15 is 0 Å². The van der Waals surface area contributed by atoms with Crippen molar-refractivity contribution in [3.63, 3.8) is 0 Å². The Hall–Kier alpha value is -3.88. The standard InChI is InChI=1S/C26H24N2O6/c29-25(17-7-3-1-4-8-17)28-21-15-31-24-22(16-32-23(21)24)34-26(30)27-18-11-13-20(14-12-18)33-19-9-5-2-6-10-19/h1-14,21-24H,15-16H2,(H,27,30)(H,28,29)/t21-,22+,23+,24+/m0/s1. The SMILES string of the molecule is O=C(Nc1ccc(Oc2ccccc2)cc1)O[C@@H]1CO[C@H]2[C@@H]1OC[C@@H]2NC(=O)c1ccccc1. The fraction of sp³-hybridized carbons (Fsp3) is 0.231. The Balaban J connectivity index is 1.12. The highest BCUT2D eigenvalue weighted by molar-refractivity contribution is 5.94. The summed E-state index contributed by atoms with van der Waals surface area (Å²) in [4.78, 5) is 24.9. The van der Waals surface area contributed by atoms with Crippen LogP contribution < -0.4 is 15.4 Å². The van der Waals surface area contributed by atoms with Gasteiger partial charge in [-0.25, -0.2) is 4.79 Å². The van der Waals surface area contributed by atoms with Gasteiger partial charge in [-0.1, -0.05) is 36.4 Å². The summed E-state index contributed by atoms with van der Waals surface area (Å²) in [6, 6.07) is 25.1. The highest BCUT2D eigenvalue weighted by atomic mass is 16.6. The van der Waals surface area contributed by atoms with Crippen molar-refractivity contribution in [3.8, 4) is 11.5 Å². The third kappa shape index (κ3) is 5.03. The van der Waals surface area contributed by atoms with Crippen LogP contribution in [-0.4, -0.2) is 49.6 Å². The normalized spacial score (nSPS) is 23.1. The lowest BCUT2D eigenvalue weighted by Gasteiger charge is -2.18. The molecule has 0 bridgehead atoms. The van der Waals surface area contributed by atoms with Gasteiger partial charge in [0.15, 0.2) is 6.10 Å². The van der Waals surface area contributed by atoms with Gasteiger partial charge in [0.2, 0.25) is 0 Å². The van der Waals surface area contributed by atoms with Crippen molar-refractivity contribution in [3.05, 3.63) is 90.5 Å². The molecule has 2 aliphatic rings. The number of hydrogen-bond donors (Lipinski definition) is 2. The van der Waals surface area contributed by atoms with Crippen molar-refractivity contribution < 1.29 is 28.5 Å². The van der Waals surface area contributed by atoms with Crippen LogP contribution in [0, 0.1) is 0 Å². The Morgan fingerprint density at radius 2 is 1.41 bits per heavy atom. The van der Waals surface area contributed by atoms with Crippen LogP contribution in [0.25, 0.3) is 0 Å². The smallest absolute Gasteiger partial charge is 0.412 e. The van der Waals surface area contributed by atoms with Crippen molar-refractivity contribution in [1.29, 1.82) is 0 Å². The molecule has 2 saturated heterocycles. The molecule has 8 nitrogen and oxygen atoms in total. The van der Waals surface area contributed by atoms with Gasteiger partial charge in [0.25, 0.3) is 5.91 Å². The summed E-state index contributed by atoms with van der Waals surface area (Å²) < 4.78 is 22.9. The van der Waals surface area contributed by atoms with Gasteiger partial charge in [-0.2, -0.15) is 0 Å². The van der Waals surface area contributed by atoms with Gasteiger partial charge in [-0.15, -0.1) is 0 Å². The van der Waals surface area contributed by atoms with E-state index in [0.29, 0.717) is 17.0 Å². The van der Waals surface area contributed by atoms with Crippen molar-refractivity contribution in [2.45, 2.75) is 24.4 Å². The monoisotopic (exact) mass is 460 g/mol. The molecule has 0 saturated carbocycles. The molecule has 4 atom stereocenters. The first-order valence-corrected chi connectivity index (χ1v) is 11.1. The van der Waals surface area contributed by atoms with E-state index in [0.717, 1.165) is 5.75 Å². The number of amides is 2. The topological polar surface area (TPSA) is 95.1 Å². The zero-order valence-electron chi connectivity index (χ0n) is 18.3. The molecular weight excluding hydrogens is 436 g/mol. The van der Waals surface area contributed by atoms with E-state index in [4.69, 9.17) is 18.9 Å². The second-order valence-corrected chi connectivity index (χ2v) is 8.05. The van der Waals surface area contributed by atoms with Crippen LogP contribution in [0.15, 0.2) is 84.9 Å². The number of benzene rings is 3. The summed E-state index contributed by atoms with van der Waals surface area (Å²) in [5.41, 5.74) is 1.14. The number of rotatable bonds is 6. The fourth-order valence-corrected chi connectivity index (χ4v) is 4.05. The molecule has 3 aromatic carbocycles. The molecule has 2 heterocycles. The average molecular weight is 460 g/mol. The Labute approximate surface area is 196 Å². The Bertz CT molecular complexity index is 1120. The van der Waals surface area contributed by atoms with Crippen molar-refractivity contribution >= 4 is 17.7 Å². The predicted octanol–water partition coefficient (Wildman–Crippen LogP) is 3.99. The van der Waals surface area contributed by atoms with Crippen LogP contribution >= 0.6 is 0 Å². The quantitative estimate of drug-likeness (QED) is 0.578. The van der Waals surface area contributed by atoms with Crippen LogP contribution in [0.4, 0.5) is 10.5 Å². The third-order valence-corrected chi connectivity index (χ3v) is 5.70. The van der Waals surface area contributed by atoms with Crippen LogP contribution in [-0.2, 0) is 14.2 Å². The molecule has 2 amide bonds. The van der Waals surface area contributed by atoms with Gasteiger partial charge in [0.1, 0.15) is 23.7 Å². The van der Waals surface area contributed by atoms with Crippen molar-refractivity contribution in [1.82, 2.24) is 5.32 Å². The lowest BCUT2D eigenvalue weighted by Crippen LogP contribution is -2.44. The number of ether oxygens (including phenoxy) is 4. The largest absolute Gasteiger partial charge is 0.457 e. The predicted molar refractivity (Wildman–Crippen MR) is 124 cm³/mol. The van der Waals surface area contributed by atoms with Gasteiger partial charge in [0, 0.05) is 11.3 Å². The van der Waals surface area contributed by atoms with Crippen molar-refractivity contribution in [2.24, 2.45) is 0 Å². The first-order valence-electron chi connectivity index (χ1n) is 11.1. The molecule has 0 aromatic heterocycles. The highest BCUT2D eigenvalue weighted by Crippen LogP contribution is 2.29. The first-order chi connectivity index (χ1) is 16.7. The third-order valence-electron chi connectivity index (χ3n) is 5.70. The molecular formula is C26H24N2O6. The number of nitrogens with one attached hydrogen (secondary N) is 2. The van der Waals surface area contributed by atoms with Crippen LogP contribution in [0.1, 0.15) is 10.4 Å². The summed E-state index contributed by atoms with van der Waals surface area (Å²) in [7, 11) is 0. The van der Waals surface area contributed by atoms with Gasteiger partial charge in [-0.3, -0.25) is 10.1 Å². The maximum absolute atomic E-state index is 12.5. The number of carbonyl (C=O) groups is 2. The minimum absolute atomic E-state index is 0.194. The summed E-state index contributed by atoms with van der Waals surface area (Å²) in [6.07, 6.45) is -1.98. The molecule has 0 spiro atoms. The van der Waals surface area contributed by atoms with Gasteiger partial charge in [-0.05, 0) is 48.5 Å². The highest BCUT2D eigenvalue weighted by Gasteiger charge is 2.50. The number of fused-ring (bicyclic) bond motifs is 1. The second kappa shape index (κ2) is 9.94. The Morgan fingerprint density at radius 3 is 2.15 bits per heavy atom. The Morgan fingerprint density at radius 1 is 0.765 bits per heavy atom. The maximum Gasteiger partial charge on any atom is 0.412 e. The van der Waals surface area contributed by atoms with Gasteiger partial charge >= 0.3 is 6.09 Å². The summed E-state index contributed by atoms with van der Waals surface area (Å²) in [5.74, 6) is 1.19. The van der Waals surface area contributed by atoms with E-state index in [1.165, 1.54) is 0 Å². The summed E-state index contributed by atoms with van der Waals surface area (Å²) >= 11 is 0. The number of carbonyl (C=O) groups excluding carboxylic acids is 2. The molecule has 8 heteroatoms. The zero-order chi connectivity index (χ0) is 23.3. The van der Waals surface area contributed by atoms with Gasteiger partial charge in [0.05, 0.1) is 19.3 Å². The molecule has 0 unspecified atom stereocenters. The van der Waals surface area contributed by atoms with Crippen LogP contribution in [0.5, 0.6) is 11.5 Å². The molecule has 5 rings (SSSR count). The molecule has 2 aliphatic heterocycles. The summed E-state index contributed by atoms with van der Waals surface area (Å²) in [6.45, 7) is 0.489. The summed E-state index contributed by atoms with van der Waals surface area (Å²) in [5, 5.41) is 5.65. The molecule has 2 N–H and O–H groups in total. The molecule has 0 aliphatic carbocycles. The average Bonchev–Trinajstić information content (AvgIpc) is 3.45. The van der Waals surface area contributed by atoms with E-state index in [2.05, 4.69) is 10.6 Å². The van der Waals surface area contributed by atoms with E-state index in [1.54, 1.807) is 48.5 Å². The van der Waals surface area contributed by atoms with Crippen LogP contribution in [0.2, 0.25) is 0 Å². The minimum Gasteiger partial charge on any atom is -0.457 e. The van der Waals surface area contributed by atoms with Crippen molar-refractivity contribution in [2.75, 3.05) is 18.5 Å².